The van der Waals surface area contributed by atoms with E-state index in [4.69, 9.17) is 0 Å². The van der Waals surface area contributed by atoms with Gasteiger partial charge in [-0.05, 0) is 31.8 Å². The van der Waals surface area contributed by atoms with Crippen LogP contribution in [0.15, 0.2) is 0 Å². The summed E-state index contributed by atoms with van der Waals surface area (Å²) in [6.07, 6.45) is 2.19. The fraction of sp³-hybridized carbons (Fsp3) is 0.750. The highest BCUT2D eigenvalue weighted by Crippen LogP contribution is 2.14. The number of likely N-dealkylation sites (tertiary alicyclic amines) is 1. The van der Waals surface area contributed by atoms with Crippen LogP contribution in [-0.2, 0) is 14.4 Å². The first-order valence-corrected chi connectivity index (χ1v) is 6.38. The van der Waals surface area contributed by atoms with Gasteiger partial charge < -0.3 is 10.6 Å². The van der Waals surface area contributed by atoms with Crippen LogP contribution in [0.25, 0.3) is 0 Å². The average molecular weight is 253 g/mol. The van der Waals surface area contributed by atoms with Crippen LogP contribution in [0, 0.1) is 5.92 Å². The predicted octanol–water partition coefficient (Wildman–Crippen LogP) is -0.750. The Morgan fingerprint density at radius 1 is 1.44 bits per heavy atom. The van der Waals surface area contributed by atoms with E-state index in [1.807, 2.05) is 0 Å². The van der Waals surface area contributed by atoms with Gasteiger partial charge in [0.15, 0.2) is 0 Å². The smallest absolute Gasteiger partial charge is 0.251 e. The first-order chi connectivity index (χ1) is 8.58. The van der Waals surface area contributed by atoms with Crippen LogP contribution in [0.5, 0.6) is 0 Å². The number of nitrogens with zero attached hydrogens (tertiary/aromatic N) is 1. The molecular weight excluding hydrogens is 234 g/mol. The Balaban J connectivity index is 1.83. The number of rotatable bonds is 3. The van der Waals surface area contributed by atoms with Crippen LogP contribution in [0.3, 0.4) is 0 Å². The van der Waals surface area contributed by atoms with Crippen molar-refractivity contribution in [1.29, 1.82) is 0 Å². The van der Waals surface area contributed by atoms with Gasteiger partial charge in [-0.1, -0.05) is 0 Å². The number of likely N-dealkylation sites (N-methyl/N-ethyl adjacent to an activating group) is 1. The van der Waals surface area contributed by atoms with Crippen molar-refractivity contribution in [2.24, 2.45) is 5.92 Å². The fourth-order valence-electron chi connectivity index (χ4n) is 2.45. The maximum Gasteiger partial charge on any atom is 0.251 e. The summed E-state index contributed by atoms with van der Waals surface area (Å²) in [6, 6.07) is -0.533. The number of nitrogens with one attached hydrogen (secondary N) is 2. The van der Waals surface area contributed by atoms with Crippen LogP contribution in [-0.4, -0.2) is 48.8 Å². The van der Waals surface area contributed by atoms with Crippen molar-refractivity contribution in [1.82, 2.24) is 15.5 Å². The molecule has 0 aromatic carbocycles. The van der Waals surface area contributed by atoms with Gasteiger partial charge in [-0.15, -0.1) is 0 Å². The highest BCUT2D eigenvalue weighted by molar-refractivity contribution is 6.01. The molecule has 18 heavy (non-hydrogen) atoms. The van der Waals surface area contributed by atoms with Crippen LogP contribution < -0.4 is 10.6 Å². The normalized spacial score (nSPS) is 28.6. The van der Waals surface area contributed by atoms with Crippen molar-refractivity contribution in [3.63, 3.8) is 0 Å². The van der Waals surface area contributed by atoms with Crippen LogP contribution >= 0.6 is 0 Å². The van der Waals surface area contributed by atoms with E-state index < -0.39 is 6.04 Å². The molecule has 2 rings (SSSR count). The van der Waals surface area contributed by atoms with E-state index >= 15 is 0 Å². The standard InChI is InChI=1S/C12H19N3O3/c1-15-11(17)3-2-9(12(15)18)14-10(16)6-8-4-5-13-7-8/h8-9,13H,2-7H2,1H3,(H,14,16). The van der Waals surface area contributed by atoms with Crippen molar-refractivity contribution in [2.45, 2.75) is 31.7 Å². The van der Waals surface area contributed by atoms with Crippen LogP contribution in [0.1, 0.15) is 25.7 Å². The highest BCUT2D eigenvalue weighted by Gasteiger charge is 2.33. The van der Waals surface area contributed by atoms with Gasteiger partial charge in [0.2, 0.25) is 11.8 Å². The molecule has 0 radical (unpaired) electrons. The van der Waals surface area contributed by atoms with Gasteiger partial charge in [-0.2, -0.15) is 0 Å². The van der Waals surface area contributed by atoms with Gasteiger partial charge in [0.25, 0.3) is 5.91 Å². The summed E-state index contributed by atoms with van der Waals surface area (Å²) in [5.74, 6) is -0.206. The average Bonchev–Trinajstić information content (AvgIpc) is 2.83. The Morgan fingerprint density at radius 3 is 2.89 bits per heavy atom. The highest BCUT2D eigenvalue weighted by atomic mass is 16.2. The molecule has 2 heterocycles. The number of carbonyl (C=O) groups is 3. The molecule has 2 aliphatic rings. The molecule has 0 bridgehead atoms. The maximum absolute atomic E-state index is 11.8. The van der Waals surface area contributed by atoms with E-state index in [0.29, 0.717) is 25.2 Å². The van der Waals surface area contributed by atoms with E-state index in [1.54, 1.807) is 0 Å². The first-order valence-electron chi connectivity index (χ1n) is 6.38. The molecule has 2 aliphatic heterocycles. The molecule has 0 spiro atoms. The first kappa shape index (κ1) is 13.0. The minimum absolute atomic E-state index is 0.0928. The van der Waals surface area contributed by atoms with Crippen molar-refractivity contribution in [2.75, 3.05) is 20.1 Å². The maximum atomic E-state index is 11.8. The number of piperidine rings is 1. The summed E-state index contributed by atoms with van der Waals surface area (Å²) >= 11 is 0. The molecule has 2 unspecified atom stereocenters. The van der Waals surface area contributed by atoms with Gasteiger partial charge >= 0.3 is 0 Å². The lowest BCUT2D eigenvalue weighted by Gasteiger charge is -2.28. The number of amides is 3. The lowest BCUT2D eigenvalue weighted by molar-refractivity contribution is -0.149. The quantitative estimate of drug-likeness (QED) is 0.649. The molecule has 2 atom stereocenters. The predicted molar refractivity (Wildman–Crippen MR) is 64.5 cm³/mol. The van der Waals surface area contributed by atoms with Crippen molar-refractivity contribution < 1.29 is 14.4 Å². The Bertz CT molecular complexity index is 364. The van der Waals surface area contributed by atoms with E-state index in [9.17, 15) is 14.4 Å². The van der Waals surface area contributed by atoms with Crippen molar-refractivity contribution in [3.8, 4) is 0 Å². The molecule has 0 aromatic rings. The molecule has 3 amide bonds. The Hall–Kier alpha value is -1.43. The van der Waals surface area contributed by atoms with Crippen molar-refractivity contribution in [3.05, 3.63) is 0 Å². The van der Waals surface area contributed by atoms with Crippen molar-refractivity contribution >= 4 is 17.7 Å². The Labute approximate surface area is 106 Å². The number of hydrogen-bond donors (Lipinski definition) is 2. The third-order valence-corrected chi connectivity index (χ3v) is 3.62. The van der Waals surface area contributed by atoms with Gasteiger partial charge in [0.05, 0.1) is 0 Å². The summed E-state index contributed by atoms with van der Waals surface area (Å²) in [7, 11) is 1.46. The number of carbonyl (C=O) groups excluding carboxylic acids is 3. The Morgan fingerprint density at radius 2 is 2.22 bits per heavy atom. The molecular formula is C12H19N3O3. The summed E-state index contributed by atoms with van der Waals surface area (Å²) in [5, 5.41) is 5.94. The van der Waals surface area contributed by atoms with E-state index in [1.165, 1.54) is 7.05 Å². The lowest BCUT2D eigenvalue weighted by atomic mass is 10.0. The Kier molecular flexibility index (Phi) is 3.96. The second-order valence-corrected chi connectivity index (χ2v) is 5.01. The molecule has 6 nitrogen and oxygen atoms in total. The third-order valence-electron chi connectivity index (χ3n) is 3.62. The monoisotopic (exact) mass is 253 g/mol. The second kappa shape index (κ2) is 5.48. The van der Waals surface area contributed by atoms with E-state index in [-0.39, 0.29) is 17.7 Å². The summed E-state index contributed by atoms with van der Waals surface area (Å²) < 4.78 is 0. The topological polar surface area (TPSA) is 78.5 Å². The molecule has 6 heteroatoms. The molecule has 2 fully saturated rings. The SMILES string of the molecule is CN1C(=O)CCC(NC(=O)CC2CCNC2)C1=O. The zero-order valence-corrected chi connectivity index (χ0v) is 10.6. The second-order valence-electron chi connectivity index (χ2n) is 5.01. The molecule has 2 N–H and O–H groups in total. The lowest BCUT2D eigenvalue weighted by Crippen LogP contribution is -2.53. The third kappa shape index (κ3) is 2.87. The van der Waals surface area contributed by atoms with Gasteiger partial charge in [-0.3, -0.25) is 19.3 Å². The van der Waals surface area contributed by atoms with Gasteiger partial charge in [0.1, 0.15) is 6.04 Å². The minimum Gasteiger partial charge on any atom is -0.344 e. The molecule has 2 saturated heterocycles. The van der Waals surface area contributed by atoms with Crippen LogP contribution in [0.4, 0.5) is 0 Å². The van der Waals surface area contributed by atoms with E-state index in [2.05, 4.69) is 10.6 Å². The molecule has 0 aliphatic carbocycles. The zero-order valence-electron chi connectivity index (χ0n) is 10.6. The minimum atomic E-state index is -0.533. The fourth-order valence-corrected chi connectivity index (χ4v) is 2.45. The number of imide groups is 1. The van der Waals surface area contributed by atoms with E-state index in [0.717, 1.165) is 24.4 Å². The largest absolute Gasteiger partial charge is 0.344 e. The molecule has 0 saturated carbocycles. The van der Waals surface area contributed by atoms with Crippen LogP contribution in [0.2, 0.25) is 0 Å². The number of hydrogen-bond acceptors (Lipinski definition) is 4. The zero-order chi connectivity index (χ0) is 13.1. The summed E-state index contributed by atoms with van der Waals surface area (Å²) in [4.78, 5) is 36.0. The molecule has 100 valence electrons. The van der Waals surface area contributed by atoms with Gasteiger partial charge in [-0.25, -0.2) is 0 Å². The molecule has 0 aromatic heterocycles. The summed E-state index contributed by atoms with van der Waals surface area (Å²) in [6.45, 7) is 1.82. The van der Waals surface area contributed by atoms with Gasteiger partial charge in [0, 0.05) is 19.9 Å². The summed E-state index contributed by atoms with van der Waals surface area (Å²) in [5.41, 5.74) is 0.